The number of thiophene rings is 1. The number of halogens is 1. The molecule has 0 aliphatic carbocycles. The molecule has 0 bridgehead atoms. The molecule has 2 N–H and O–H groups in total. The van der Waals surface area contributed by atoms with E-state index < -0.39 is 0 Å². The quantitative estimate of drug-likeness (QED) is 0.747. The first-order chi connectivity index (χ1) is 11.1. The van der Waals surface area contributed by atoms with Gasteiger partial charge in [0, 0.05) is 17.3 Å². The molecule has 2 heterocycles. The SMILES string of the molecule is CN(C)[C@@H](C(=O)Nc1ccc2c(=O)[nH]ccc2c1)c1ccsc1.Cl. The van der Waals surface area contributed by atoms with Crippen LogP contribution in [0.3, 0.4) is 0 Å². The summed E-state index contributed by atoms with van der Waals surface area (Å²) in [4.78, 5) is 28.9. The minimum absolute atomic E-state index is 0. The monoisotopic (exact) mass is 363 g/mol. The van der Waals surface area contributed by atoms with Crippen molar-refractivity contribution in [2.24, 2.45) is 0 Å². The Bertz CT molecular complexity index is 890. The number of fused-ring (bicyclic) bond motifs is 1. The van der Waals surface area contributed by atoms with E-state index in [1.165, 1.54) is 0 Å². The largest absolute Gasteiger partial charge is 0.329 e. The van der Waals surface area contributed by atoms with Crippen LogP contribution in [0.2, 0.25) is 0 Å². The number of aromatic amines is 1. The van der Waals surface area contributed by atoms with Gasteiger partial charge >= 0.3 is 0 Å². The minimum Gasteiger partial charge on any atom is -0.329 e. The van der Waals surface area contributed by atoms with Crippen molar-refractivity contribution in [3.05, 3.63) is 63.2 Å². The molecule has 0 fully saturated rings. The zero-order valence-corrected chi connectivity index (χ0v) is 14.9. The molecule has 0 spiro atoms. The molecular weight excluding hydrogens is 346 g/mol. The predicted molar refractivity (Wildman–Crippen MR) is 101 cm³/mol. The van der Waals surface area contributed by atoms with E-state index in [9.17, 15) is 9.59 Å². The highest BCUT2D eigenvalue weighted by atomic mass is 35.5. The van der Waals surface area contributed by atoms with Crippen molar-refractivity contribution < 1.29 is 4.79 Å². The Hall–Kier alpha value is -2.15. The molecular formula is C17H18ClN3O2S. The number of likely N-dealkylation sites (N-methyl/N-ethyl adjacent to an activating group) is 1. The number of nitrogens with one attached hydrogen (secondary N) is 2. The number of carbonyl (C=O) groups excluding carboxylic acids is 1. The van der Waals surface area contributed by atoms with Gasteiger partial charge in [0.15, 0.2) is 0 Å². The summed E-state index contributed by atoms with van der Waals surface area (Å²) in [6.45, 7) is 0. The number of hydrogen-bond donors (Lipinski definition) is 2. The average molecular weight is 364 g/mol. The van der Waals surface area contributed by atoms with Gasteiger partial charge in [0.1, 0.15) is 6.04 Å². The summed E-state index contributed by atoms with van der Waals surface area (Å²) in [5.74, 6) is -0.0995. The van der Waals surface area contributed by atoms with Crippen molar-refractivity contribution in [1.29, 1.82) is 0 Å². The molecule has 1 atom stereocenters. The molecule has 0 aliphatic heterocycles. The average Bonchev–Trinajstić information content (AvgIpc) is 3.01. The van der Waals surface area contributed by atoms with Crippen molar-refractivity contribution in [3.8, 4) is 0 Å². The summed E-state index contributed by atoms with van der Waals surface area (Å²) in [5, 5.41) is 8.27. The fourth-order valence-corrected chi connectivity index (χ4v) is 3.27. The lowest BCUT2D eigenvalue weighted by molar-refractivity contribution is -0.120. The fraction of sp³-hybridized carbons (Fsp3) is 0.176. The number of amides is 1. The minimum atomic E-state index is -0.351. The van der Waals surface area contributed by atoms with Crippen molar-refractivity contribution >= 4 is 46.1 Å². The summed E-state index contributed by atoms with van der Waals surface area (Å²) < 4.78 is 0. The Labute approximate surface area is 149 Å². The zero-order chi connectivity index (χ0) is 16.4. The highest BCUT2D eigenvalue weighted by molar-refractivity contribution is 7.08. The van der Waals surface area contributed by atoms with Crippen LogP contribution in [0, 0.1) is 0 Å². The van der Waals surface area contributed by atoms with E-state index in [1.54, 1.807) is 29.7 Å². The van der Waals surface area contributed by atoms with E-state index in [2.05, 4.69) is 10.3 Å². The Morgan fingerprint density at radius 3 is 2.71 bits per heavy atom. The molecule has 5 nitrogen and oxygen atoms in total. The number of anilines is 1. The number of pyridine rings is 1. The molecule has 1 amide bonds. The Kier molecular flexibility index (Phi) is 5.77. The third-order valence-electron chi connectivity index (χ3n) is 3.66. The van der Waals surface area contributed by atoms with Crippen LogP contribution < -0.4 is 10.9 Å². The zero-order valence-electron chi connectivity index (χ0n) is 13.3. The molecule has 1 aromatic carbocycles. The van der Waals surface area contributed by atoms with Crippen LogP contribution in [0.4, 0.5) is 5.69 Å². The van der Waals surface area contributed by atoms with Gasteiger partial charge in [-0.1, -0.05) is 0 Å². The Morgan fingerprint density at radius 1 is 1.25 bits per heavy atom. The summed E-state index contributed by atoms with van der Waals surface area (Å²) >= 11 is 1.57. The second-order valence-electron chi connectivity index (χ2n) is 5.52. The molecule has 0 saturated heterocycles. The van der Waals surface area contributed by atoms with Crippen LogP contribution in [0.25, 0.3) is 10.8 Å². The maximum atomic E-state index is 12.6. The van der Waals surface area contributed by atoms with Gasteiger partial charge in [-0.15, -0.1) is 12.4 Å². The van der Waals surface area contributed by atoms with Gasteiger partial charge in [-0.25, -0.2) is 0 Å². The van der Waals surface area contributed by atoms with Gasteiger partial charge < -0.3 is 10.3 Å². The summed E-state index contributed by atoms with van der Waals surface area (Å²) in [6.07, 6.45) is 1.60. The molecule has 2 aromatic heterocycles. The van der Waals surface area contributed by atoms with E-state index in [1.807, 2.05) is 48.0 Å². The van der Waals surface area contributed by atoms with Crippen molar-refractivity contribution in [1.82, 2.24) is 9.88 Å². The Morgan fingerprint density at radius 2 is 2.04 bits per heavy atom. The van der Waals surface area contributed by atoms with E-state index >= 15 is 0 Å². The molecule has 0 aliphatic rings. The first-order valence-electron chi connectivity index (χ1n) is 7.17. The van der Waals surface area contributed by atoms with E-state index in [0.717, 1.165) is 10.9 Å². The van der Waals surface area contributed by atoms with Gasteiger partial charge in [-0.05, 0) is 66.1 Å². The van der Waals surface area contributed by atoms with Gasteiger partial charge in [0.05, 0.1) is 0 Å². The lowest BCUT2D eigenvalue weighted by Gasteiger charge is -2.22. The van der Waals surface area contributed by atoms with Crippen LogP contribution in [-0.2, 0) is 4.79 Å². The first-order valence-corrected chi connectivity index (χ1v) is 8.11. The molecule has 0 radical (unpaired) electrons. The molecule has 3 rings (SSSR count). The standard InChI is InChI=1S/C17H17N3O2S.ClH/c1-20(2)15(12-6-8-23-10-12)17(22)19-13-3-4-14-11(9-13)5-7-18-16(14)21;/h3-10,15H,1-2H3,(H,18,21)(H,19,22);1H/t15-;/m1./s1. The van der Waals surface area contributed by atoms with Gasteiger partial charge in [-0.2, -0.15) is 11.3 Å². The normalized spacial score (nSPS) is 12.0. The fourth-order valence-electron chi connectivity index (χ4n) is 2.60. The Balaban J connectivity index is 0.00000208. The molecule has 126 valence electrons. The lowest BCUT2D eigenvalue weighted by Crippen LogP contribution is -2.31. The number of benzene rings is 1. The molecule has 24 heavy (non-hydrogen) atoms. The number of hydrogen-bond acceptors (Lipinski definition) is 4. The van der Waals surface area contributed by atoms with Crippen LogP contribution in [0.15, 0.2) is 52.1 Å². The van der Waals surface area contributed by atoms with Crippen LogP contribution >= 0.6 is 23.7 Å². The maximum absolute atomic E-state index is 12.6. The number of carbonyl (C=O) groups is 1. The third kappa shape index (κ3) is 3.67. The van der Waals surface area contributed by atoms with Crippen LogP contribution in [0.1, 0.15) is 11.6 Å². The summed E-state index contributed by atoms with van der Waals surface area (Å²) in [5.41, 5.74) is 1.51. The maximum Gasteiger partial charge on any atom is 0.255 e. The van der Waals surface area contributed by atoms with Crippen molar-refractivity contribution in [2.45, 2.75) is 6.04 Å². The number of rotatable bonds is 4. The third-order valence-corrected chi connectivity index (χ3v) is 4.37. The van der Waals surface area contributed by atoms with E-state index in [-0.39, 0.29) is 29.9 Å². The number of aromatic nitrogens is 1. The first kappa shape index (κ1) is 18.2. The van der Waals surface area contributed by atoms with E-state index in [4.69, 9.17) is 0 Å². The van der Waals surface area contributed by atoms with Crippen molar-refractivity contribution in [2.75, 3.05) is 19.4 Å². The molecule has 0 saturated carbocycles. The highest BCUT2D eigenvalue weighted by Gasteiger charge is 2.23. The molecule has 7 heteroatoms. The highest BCUT2D eigenvalue weighted by Crippen LogP contribution is 2.23. The predicted octanol–water partition coefficient (Wildman–Crippen LogP) is 3.25. The smallest absolute Gasteiger partial charge is 0.255 e. The number of H-pyrrole nitrogens is 1. The summed E-state index contributed by atoms with van der Waals surface area (Å²) in [6, 6.07) is 8.69. The van der Waals surface area contributed by atoms with Gasteiger partial charge in [0.2, 0.25) is 5.91 Å². The van der Waals surface area contributed by atoms with Gasteiger partial charge in [0.25, 0.3) is 5.56 Å². The second kappa shape index (κ2) is 7.61. The van der Waals surface area contributed by atoms with Crippen molar-refractivity contribution in [3.63, 3.8) is 0 Å². The van der Waals surface area contributed by atoms with Gasteiger partial charge in [-0.3, -0.25) is 14.5 Å². The topological polar surface area (TPSA) is 65.2 Å². The summed E-state index contributed by atoms with van der Waals surface area (Å²) in [7, 11) is 3.75. The van der Waals surface area contributed by atoms with E-state index in [0.29, 0.717) is 11.1 Å². The lowest BCUT2D eigenvalue weighted by atomic mass is 10.1. The van der Waals surface area contributed by atoms with Crippen LogP contribution in [-0.4, -0.2) is 29.9 Å². The second-order valence-corrected chi connectivity index (χ2v) is 6.30. The molecule has 0 unspecified atom stereocenters. The molecule has 3 aromatic rings. The number of nitrogens with zero attached hydrogens (tertiary/aromatic N) is 1. The van der Waals surface area contributed by atoms with Crippen LogP contribution in [0.5, 0.6) is 0 Å².